The van der Waals surface area contributed by atoms with Gasteiger partial charge in [-0.1, -0.05) is 12.1 Å². The Morgan fingerprint density at radius 1 is 0.781 bits per heavy atom. The minimum Gasteiger partial charge on any atom is -1.00 e. The van der Waals surface area contributed by atoms with E-state index in [1.807, 2.05) is 0 Å². The quantitative estimate of drug-likeness (QED) is 0.409. The van der Waals surface area contributed by atoms with Crippen LogP contribution in [0.15, 0.2) is 77.9 Å². The van der Waals surface area contributed by atoms with Gasteiger partial charge in [0.05, 0.1) is 21.1 Å². The second kappa shape index (κ2) is 11.0. The van der Waals surface area contributed by atoms with E-state index in [9.17, 15) is 0 Å². The molecule has 0 saturated heterocycles. The number of nitrogens with zero attached hydrogens (tertiary/aromatic N) is 3. The van der Waals surface area contributed by atoms with Crippen LogP contribution in [0.25, 0.3) is 5.57 Å². The van der Waals surface area contributed by atoms with Gasteiger partial charge in [0.1, 0.15) is 19.8 Å². The molecule has 0 radical (unpaired) electrons. The maximum absolute atomic E-state index is 2.30. The van der Waals surface area contributed by atoms with Crippen molar-refractivity contribution in [1.82, 2.24) is 4.48 Å². The second-order valence-electron chi connectivity index (χ2n) is 9.27. The fraction of sp³-hybridized carbons (Fsp3) is 0.296. The molecule has 1 aliphatic rings. The third-order valence-corrected chi connectivity index (χ3v) is 5.57. The Bertz CT molecular complexity index is 1050. The van der Waals surface area contributed by atoms with Gasteiger partial charge in [-0.15, -0.1) is 0 Å². The molecule has 5 heteroatoms. The van der Waals surface area contributed by atoms with Crippen LogP contribution >= 0.6 is 0 Å². The van der Waals surface area contributed by atoms with Gasteiger partial charge in [0.25, 0.3) is 0 Å². The van der Waals surface area contributed by atoms with E-state index in [1.165, 1.54) is 44.9 Å². The number of rotatable bonds is 4. The Labute approximate surface area is 206 Å². The highest BCUT2D eigenvalue weighted by molar-refractivity contribution is 6.07. The van der Waals surface area contributed by atoms with Crippen LogP contribution in [-0.4, -0.2) is 59.6 Å². The standard InChI is InChI=1S/C27H35N3.2ClH/c1-20-19-23(13-18-26(20)29(4)5)27(21-9-14-24(15-10-21)28(2)3)22-11-16-25(17-12-22)30(6,7)8;;/h9-19H,1-8H3;2*1H/q+2;;/p-2. The van der Waals surface area contributed by atoms with E-state index in [0.29, 0.717) is 0 Å². The lowest BCUT2D eigenvalue weighted by molar-refractivity contribution is -0.463. The zero-order valence-electron chi connectivity index (χ0n) is 20.4. The average molecular weight is 473 g/mol. The summed E-state index contributed by atoms with van der Waals surface area (Å²) in [6.07, 6.45) is 6.77. The van der Waals surface area contributed by atoms with Gasteiger partial charge in [0.15, 0.2) is 0 Å². The lowest BCUT2D eigenvalue weighted by Gasteiger charge is -2.24. The maximum atomic E-state index is 2.30. The molecule has 3 rings (SSSR count). The third kappa shape index (κ3) is 6.13. The van der Waals surface area contributed by atoms with E-state index in [1.54, 1.807) is 0 Å². The van der Waals surface area contributed by atoms with Gasteiger partial charge in [0, 0.05) is 31.4 Å². The number of hydrogen-bond donors (Lipinski definition) is 0. The van der Waals surface area contributed by atoms with E-state index < -0.39 is 0 Å². The first-order valence-corrected chi connectivity index (χ1v) is 10.4. The molecular weight excluding hydrogens is 437 g/mol. The summed E-state index contributed by atoms with van der Waals surface area (Å²) in [7, 11) is 14.9. The molecule has 0 amide bonds. The highest BCUT2D eigenvalue weighted by atomic mass is 35.5. The summed E-state index contributed by atoms with van der Waals surface area (Å²) in [5, 5.41) is 0. The van der Waals surface area contributed by atoms with Crippen LogP contribution in [0, 0.1) is 0 Å². The van der Waals surface area contributed by atoms with Crippen molar-refractivity contribution in [3.05, 3.63) is 89.0 Å². The van der Waals surface area contributed by atoms with Crippen molar-refractivity contribution in [1.29, 1.82) is 0 Å². The monoisotopic (exact) mass is 471 g/mol. The summed E-state index contributed by atoms with van der Waals surface area (Å²) in [6, 6.07) is 17.8. The minimum absolute atomic E-state index is 0. The topological polar surface area (TPSA) is 6.25 Å². The zero-order chi connectivity index (χ0) is 22.1. The molecule has 172 valence electrons. The first-order valence-electron chi connectivity index (χ1n) is 10.4. The highest BCUT2D eigenvalue weighted by Gasteiger charge is 2.18. The van der Waals surface area contributed by atoms with Crippen LogP contribution in [0.2, 0.25) is 0 Å². The molecule has 0 unspecified atom stereocenters. The molecule has 0 spiro atoms. The molecular formula is C27H35Cl2N3. The molecule has 0 saturated carbocycles. The highest BCUT2D eigenvalue weighted by Crippen LogP contribution is 2.33. The van der Waals surface area contributed by atoms with Crippen molar-refractivity contribution < 1.29 is 29.4 Å². The summed E-state index contributed by atoms with van der Waals surface area (Å²) in [5.74, 6) is 0. The van der Waals surface area contributed by atoms with Gasteiger partial charge in [0.2, 0.25) is 5.71 Å². The van der Waals surface area contributed by atoms with Gasteiger partial charge >= 0.3 is 0 Å². The van der Waals surface area contributed by atoms with Gasteiger partial charge < -0.3 is 29.7 Å². The second-order valence-corrected chi connectivity index (χ2v) is 9.27. The lowest BCUT2D eigenvalue weighted by atomic mass is 9.89. The summed E-state index contributed by atoms with van der Waals surface area (Å²) in [6.45, 7) is 2.19. The summed E-state index contributed by atoms with van der Waals surface area (Å²) < 4.78 is 2.98. The van der Waals surface area contributed by atoms with Crippen molar-refractivity contribution >= 4 is 22.7 Å². The number of hydrogen-bond acceptors (Lipinski definition) is 1. The molecule has 3 nitrogen and oxygen atoms in total. The number of quaternary nitrogens is 1. The number of allylic oxidation sites excluding steroid dienone is 5. The van der Waals surface area contributed by atoms with Crippen LogP contribution in [0.5, 0.6) is 0 Å². The van der Waals surface area contributed by atoms with Gasteiger partial charge in [-0.05, 0) is 77.7 Å². The molecule has 0 N–H and O–H groups in total. The number of halogens is 2. The minimum atomic E-state index is 0. The molecule has 0 heterocycles. The van der Waals surface area contributed by atoms with E-state index in [4.69, 9.17) is 0 Å². The molecule has 0 atom stereocenters. The summed E-state index contributed by atoms with van der Waals surface area (Å²) in [5.41, 5.74) is 10.0. The predicted octanol–water partition coefficient (Wildman–Crippen LogP) is -1.01. The van der Waals surface area contributed by atoms with Crippen LogP contribution in [0.1, 0.15) is 18.1 Å². The lowest BCUT2D eigenvalue weighted by Crippen LogP contribution is -3.00. The zero-order valence-corrected chi connectivity index (χ0v) is 22.0. The normalized spacial score (nSPS) is 14.8. The van der Waals surface area contributed by atoms with E-state index in [2.05, 4.69) is 132 Å². The first-order chi connectivity index (χ1) is 14.1. The van der Waals surface area contributed by atoms with Crippen LogP contribution < -0.4 is 34.2 Å². The van der Waals surface area contributed by atoms with Crippen molar-refractivity contribution in [3.8, 4) is 0 Å². The van der Waals surface area contributed by atoms with Crippen LogP contribution in [0.4, 0.5) is 11.4 Å². The molecule has 0 bridgehead atoms. The molecule has 32 heavy (non-hydrogen) atoms. The fourth-order valence-corrected chi connectivity index (χ4v) is 3.81. The van der Waals surface area contributed by atoms with Crippen molar-refractivity contribution in [2.45, 2.75) is 6.92 Å². The first kappa shape index (κ1) is 27.7. The number of anilines is 1. The molecule has 0 fully saturated rings. The Morgan fingerprint density at radius 2 is 1.28 bits per heavy atom. The van der Waals surface area contributed by atoms with Crippen LogP contribution in [-0.2, 0) is 0 Å². The van der Waals surface area contributed by atoms with Gasteiger partial charge in [-0.2, -0.15) is 0 Å². The van der Waals surface area contributed by atoms with Crippen LogP contribution in [0.3, 0.4) is 0 Å². The Hall–Kier alpha value is -2.33. The predicted molar refractivity (Wildman–Crippen MR) is 133 cm³/mol. The van der Waals surface area contributed by atoms with Crippen molar-refractivity contribution in [3.63, 3.8) is 0 Å². The fourth-order valence-electron chi connectivity index (χ4n) is 3.81. The molecule has 0 aliphatic heterocycles. The van der Waals surface area contributed by atoms with Crippen molar-refractivity contribution in [2.75, 3.05) is 54.2 Å². The van der Waals surface area contributed by atoms with Gasteiger partial charge in [-0.3, -0.25) is 4.48 Å². The van der Waals surface area contributed by atoms with Crippen molar-refractivity contribution in [2.24, 2.45) is 0 Å². The molecule has 2 aromatic rings. The smallest absolute Gasteiger partial charge is 0.202 e. The largest absolute Gasteiger partial charge is 1.00 e. The Morgan fingerprint density at radius 3 is 1.69 bits per heavy atom. The maximum Gasteiger partial charge on any atom is 0.202 e. The third-order valence-electron chi connectivity index (χ3n) is 5.57. The summed E-state index contributed by atoms with van der Waals surface area (Å²) >= 11 is 0. The molecule has 0 aromatic heterocycles. The van der Waals surface area contributed by atoms with Gasteiger partial charge in [-0.25, -0.2) is 4.58 Å². The average Bonchev–Trinajstić information content (AvgIpc) is 2.68. The Kier molecular flexibility index (Phi) is 9.52. The summed E-state index contributed by atoms with van der Waals surface area (Å²) in [4.78, 5) is 2.13. The Balaban J connectivity index is 0.00000256. The van der Waals surface area contributed by atoms with E-state index in [0.717, 1.165) is 4.48 Å². The number of benzene rings is 2. The van der Waals surface area contributed by atoms with E-state index in [-0.39, 0.29) is 24.8 Å². The SMILES string of the molecule is CC1=C/C(=C(\c2ccc(N(C)C)cc2)c2ccc([N+](C)(C)C)cc2)C=CC1=[N+](C)C.[Cl-].[Cl-]. The molecule has 2 aromatic carbocycles. The molecule has 1 aliphatic carbocycles. The van der Waals surface area contributed by atoms with E-state index >= 15 is 0 Å².